The molecule has 2 rings (SSSR count). The van der Waals surface area contributed by atoms with E-state index in [0.717, 1.165) is 38.8 Å². The van der Waals surface area contributed by atoms with Crippen molar-refractivity contribution in [2.75, 3.05) is 13.1 Å². The van der Waals surface area contributed by atoms with Crippen LogP contribution < -0.4 is 0 Å². The van der Waals surface area contributed by atoms with Crippen LogP contribution in [-0.2, 0) is 11.2 Å². The smallest absolute Gasteiger partial charge is 0.222 e. The lowest BCUT2D eigenvalue weighted by molar-refractivity contribution is -0.132. The minimum atomic E-state index is 0.150. The summed E-state index contributed by atoms with van der Waals surface area (Å²) in [6, 6.07) is 10.3. The highest BCUT2D eigenvalue weighted by Crippen LogP contribution is 2.16. The van der Waals surface area contributed by atoms with Crippen LogP contribution in [0, 0.1) is 0 Å². The van der Waals surface area contributed by atoms with Crippen molar-refractivity contribution >= 4 is 17.5 Å². The number of likely N-dealkylation sites (tertiary alicyclic amines) is 1. The van der Waals surface area contributed by atoms with Crippen molar-refractivity contribution in [3.63, 3.8) is 0 Å². The molecule has 0 saturated carbocycles. The summed E-state index contributed by atoms with van der Waals surface area (Å²) >= 11 is 6.09. The van der Waals surface area contributed by atoms with E-state index >= 15 is 0 Å². The Morgan fingerprint density at radius 1 is 1.33 bits per heavy atom. The van der Waals surface area contributed by atoms with E-state index < -0.39 is 0 Å². The molecule has 3 heteroatoms. The van der Waals surface area contributed by atoms with Crippen molar-refractivity contribution in [3.05, 3.63) is 35.9 Å². The van der Waals surface area contributed by atoms with E-state index in [1.54, 1.807) is 0 Å². The average Bonchev–Trinajstić information content (AvgIpc) is 2.40. The largest absolute Gasteiger partial charge is 0.341 e. The predicted octanol–water partition coefficient (Wildman–Crippen LogP) is 3.24. The van der Waals surface area contributed by atoms with Crippen LogP contribution in [0.2, 0.25) is 0 Å². The minimum Gasteiger partial charge on any atom is -0.341 e. The fourth-order valence-corrected chi connectivity index (χ4v) is 2.72. The number of aryl methyl sites for hydroxylation is 1. The van der Waals surface area contributed by atoms with Gasteiger partial charge in [0.15, 0.2) is 0 Å². The zero-order chi connectivity index (χ0) is 12.8. The number of amides is 1. The molecule has 1 fully saturated rings. The third kappa shape index (κ3) is 4.02. The van der Waals surface area contributed by atoms with Gasteiger partial charge in [0.1, 0.15) is 0 Å². The molecular formula is C15H20ClNO. The first kappa shape index (κ1) is 13.4. The molecule has 1 saturated heterocycles. The summed E-state index contributed by atoms with van der Waals surface area (Å²) in [6.07, 6.45) is 4.61. The highest BCUT2D eigenvalue weighted by atomic mass is 35.5. The van der Waals surface area contributed by atoms with E-state index in [0.29, 0.717) is 6.42 Å². The molecule has 0 N–H and O–H groups in total. The number of carbonyl (C=O) groups excluding carboxylic acids is 1. The van der Waals surface area contributed by atoms with Gasteiger partial charge in [-0.05, 0) is 31.2 Å². The topological polar surface area (TPSA) is 20.3 Å². The second-order valence-corrected chi connectivity index (χ2v) is 5.54. The SMILES string of the molecule is O=C(CCCc1ccccc1)N1CCCC(Cl)C1. The third-order valence-electron chi connectivity index (χ3n) is 3.42. The van der Waals surface area contributed by atoms with Crippen molar-refractivity contribution in [1.82, 2.24) is 4.90 Å². The number of benzene rings is 1. The Morgan fingerprint density at radius 2 is 2.11 bits per heavy atom. The summed E-state index contributed by atoms with van der Waals surface area (Å²) in [5.74, 6) is 0.260. The highest BCUT2D eigenvalue weighted by Gasteiger charge is 2.21. The molecule has 1 aromatic rings. The summed E-state index contributed by atoms with van der Waals surface area (Å²) in [7, 11) is 0. The lowest BCUT2D eigenvalue weighted by atomic mass is 10.1. The van der Waals surface area contributed by atoms with Gasteiger partial charge in [0.05, 0.1) is 5.38 Å². The Kier molecular flexibility index (Phi) is 5.06. The molecule has 1 aliphatic heterocycles. The van der Waals surface area contributed by atoms with Gasteiger partial charge in [0.2, 0.25) is 5.91 Å². The fourth-order valence-electron chi connectivity index (χ4n) is 2.40. The number of hydrogen-bond acceptors (Lipinski definition) is 1. The standard InChI is InChI=1S/C15H20ClNO/c16-14-9-5-11-17(12-14)15(18)10-4-8-13-6-2-1-3-7-13/h1-3,6-7,14H,4-5,8-12H2. The van der Waals surface area contributed by atoms with Crippen LogP contribution in [0.4, 0.5) is 0 Å². The van der Waals surface area contributed by atoms with Gasteiger partial charge >= 0.3 is 0 Å². The number of piperidine rings is 1. The molecule has 1 unspecified atom stereocenters. The van der Waals surface area contributed by atoms with Crippen LogP contribution in [0.25, 0.3) is 0 Å². The summed E-state index contributed by atoms with van der Waals surface area (Å²) < 4.78 is 0. The Balaban J connectivity index is 1.71. The molecule has 0 aliphatic carbocycles. The lowest BCUT2D eigenvalue weighted by Gasteiger charge is -2.29. The molecule has 18 heavy (non-hydrogen) atoms. The van der Waals surface area contributed by atoms with Crippen LogP contribution in [0.15, 0.2) is 30.3 Å². The van der Waals surface area contributed by atoms with Crippen LogP contribution >= 0.6 is 11.6 Å². The number of rotatable bonds is 4. The van der Waals surface area contributed by atoms with Crippen molar-refractivity contribution in [2.24, 2.45) is 0 Å². The van der Waals surface area contributed by atoms with Gasteiger partial charge in [-0.3, -0.25) is 4.79 Å². The summed E-state index contributed by atoms with van der Waals surface area (Å²) in [5.41, 5.74) is 1.30. The first-order valence-corrected chi connectivity index (χ1v) is 7.15. The van der Waals surface area contributed by atoms with Crippen molar-refractivity contribution in [3.8, 4) is 0 Å². The van der Waals surface area contributed by atoms with Crippen molar-refractivity contribution in [2.45, 2.75) is 37.5 Å². The second kappa shape index (κ2) is 6.79. The van der Waals surface area contributed by atoms with Crippen molar-refractivity contribution < 1.29 is 4.79 Å². The maximum atomic E-state index is 12.0. The molecule has 1 heterocycles. The zero-order valence-electron chi connectivity index (χ0n) is 10.6. The number of carbonyl (C=O) groups is 1. The van der Waals surface area contributed by atoms with Gasteiger partial charge in [0.25, 0.3) is 0 Å². The van der Waals surface area contributed by atoms with Crippen LogP contribution in [0.5, 0.6) is 0 Å². The van der Waals surface area contributed by atoms with Crippen molar-refractivity contribution in [1.29, 1.82) is 0 Å². The van der Waals surface area contributed by atoms with Gasteiger partial charge in [0, 0.05) is 19.5 Å². The third-order valence-corrected chi connectivity index (χ3v) is 3.77. The average molecular weight is 266 g/mol. The molecule has 98 valence electrons. The minimum absolute atomic E-state index is 0.150. The molecule has 0 spiro atoms. The number of halogens is 1. The summed E-state index contributed by atoms with van der Waals surface area (Å²) in [4.78, 5) is 13.9. The molecule has 2 nitrogen and oxygen atoms in total. The number of alkyl halides is 1. The molecule has 1 aliphatic rings. The van der Waals surface area contributed by atoms with Crippen LogP contribution in [0.3, 0.4) is 0 Å². The Morgan fingerprint density at radius 3 is 2.83 bits per heavy atom. The normalized spacial score (nSPS) is 19.8. The summed E-state index contributed by atoms with van der Waals surface area (Å²) in [6.45, 7) is 1.61. The van der Waals surface area contributed by atoms with E-state index in [-0.39, 0.29) is 11.3 Å². The zero-order valence-corrected chi connectivity index (χ0v) is 11.4. The monoisotopic (exact) mass is 265 g/mol. The quantitative estimate of drug-likeness (QED) is 0.766. The van der Waals surface area contributed by atoms with Crippen LogP contribution in [0.1, 0.15) is 31.2 Å². The maximum absolute atomic E-state index is 12.0. The predicted molar refractivity (Wildman–Crippen MR) is 74.8 cm³/mol. The van der Waals surface area contributed by atoms with Gasteiger partial charge < -0.3 is 4.90 Å². The molecular weight excluding hydrogens is 246 g/mol. The molecule has 1 aromatic carbocycles. The molecule has 1 atom stereocenters. The molecule has 1 amide bonds. The van der Waals surface area contributed by atoms with Gasteiger partial charge in [-0.1, -0.05) is 30.3 Å². The first-order chi connectivity index (χ1) is 8.75. The summed E-state index contributed by atoms with van der Waals surface area (Å²) in [5, 5.41) is 0.150. The van der Waals surface area contributed by atoms with Gasteiger partial charge in [-0.2, -0.15) is 0 Å². The molecule has 0 radical (unpaired) electrons. The van der Waals surface area contributed by atoms with E-state index in [2.05, 4.69) is 12.1 Å². The second-order valence-electron chi connectivity index (χ2n) is 4.92. The van der Waals surface area contributed by atoms with E-state index in [9.17, 15) is 4.79 Å². The lowest BCUT2D eigenvalue weighted by Crippen LogP contribution is -2.40. The maximum Gasteiger partial charge on any atom is 0.222 e. The van der Waals surface area contributed by atoms with E-state index in [1.165, 1.54) is 5.56 Å². The van der Waals surface area contributed by atoms with E-state index in [1.807, 2.05) is 23.1 Å². The van der Waals surface area contributed by atoms with Gasteiger partial charge in [-0.15, -0.1) is 11.6 Å². The Hall–Kier alpha value is -1.02. The molecule has 0 aromatic heterocycles. The Labute approximate surface area is 114 Å². The highest BCUT2D eigenvalue weighted by molar-refractivity contribution is 6.20. The number of nitrogens with zero attached hydrogens (tertiary/aromatic N) is 1. The number of hydrogen-bond donors (Lipinski definition) is 0. The Bertz CT molecular complexity index is 379. The first-order valence-electron chi connectivity index (χ1n) is 6.71. The van der Waals surface area contributed by atoms with Crippen LogP contribution in [-0.4, -0.2) is 29.3 Å². The van der Waals surface area contributed by atoms with E-state index in [4.69, 9.17) is 11.6 Å². The molecule has 0 bridgehead atoms. The fraction of sp³-hybridized carbons (Fsp3) is 0.533. The van der Waals surface area contributed by atoms with Gasteiger partial charge in [-0.25, -0.2) is 0 Å².